The lowest BCUT2D eigenvalue weighted by Gasteiger charge is -2.15. The fourth-order valence-corrected chi connectivity index (χ4v) is 3.74. The highest BCUT2D eigenvalue weighted by molar-refractivity contribution is 7.89. The van der Waals surface area contributed by atoms with Crippen molar-refractivity contribution >= 4 is 20.8 Å². The van der Waals surface area contributed by atoms with Crippen molar-refractivity contribution in [1.82, 2.24) is 4.72 Å². The number of rotatable bonds is 5. The Morgan fingerprint density at radius 2 is 1.58 bits per heavy atom. The molecule has 5 nitrogen and oxygen atoms in total. The summed E-state index contributed by atoms with van der Waals surface area (Å²) in [5.41, 5.74) is 0.646. The molecule has 0 aliphatic heterocycles. The molecule has 0 bridgehead atoms. The van der Waals surface area contributed by atoms with Crippen molar-refractivity contribution < 1.29 is 18.6 Å². The van der Waals surface area contributed by atoms with Gasteiger partial charge in [0, 0.05) is 6.54 Å². The van der Waals surface area contributed by atoms with Gasteiger partial charge in [0.15, 0.2) is 0 Å². The summed E-state index contributed by atoms with van der Waals surface area (Å²) in [7, 11) is -3.91. The zero-order chi connectivity index (χ0) is 17.2. The molecule has 3 N–H and O–H groups in total. The van der Waals surface area contributed by atoms with E-state index in [9.17, 15) is 18.6 Å². The van der Waals surface area contributed by atoms with Gasteiger partial charge in [-0.05, 0) is 28.5 Å². The van der Waals surface area contributed by atoms with Crippen LogP contribution >= 0.6 is 0 Å². The highest BCUT2D eigenvalue weighted by Gasteiger charge is 2.20. The molecule has 3 rings (SSSR count). The second-order valence-electron chi connectivity index (χ2n) is 5.40. The third-order valence-corrected chi connectivity index (χ3v) is 5.27. The first-order chi connectivity index (χ1) is 11.5. The third kappa shape index (κ3) is 3.26. The van der Waals surface area contributed by atoms with Crippen molar-refractivity contribution in [3.05, 3.63) is 72.3 Å². The molecule has 0 aromatic heterocycles. The van der Waals surface area contributed by atoms with Crippen LogP contribution in [0.3, 0.4) is 0 Å². The van der Waals surface area contributed by atoms with Gasteiger partial charge in [-0.3, -0.25) is 0 Å². The summed E-state index contributed by atoms with van der Waals surface area (Å²) >= 11 is 0. The molecule has 1 unspecified atom stereocenters. The number of hydrogen-bond acceptors (Lipinski definition) is 4. The van der Waals surface area contributed by atoms with Gasteiger partial charge in [0.05, 0.1) is 6.10 Å². The number of phenolic OH excluding ortho intramolecular Hbond substituents is 1. The van der Waals surface area contributed by atoms with Crippen molar-refractivity contribution in [3.63, 3.8) is 0 Å². The zero-order valence-corrected chi connectivity index (χ0v) is 13.6. The number of phenols is 1. The summed E-state index contributed by atoms with van der Waals surface area (Å²) in [4.78, 5) is -0.213. The first kappa shape index (κ1) is 16.4. The lowest BCUT2D eigenvalue weighted by atomic mass is 10.0. The van der Waals surface area contributed by atoms with Gasteiger partial charge in [-0.2, -0.15) is 0 Å². The Hall–Kier alpha value is -2.41. The number of aliphatic hydroxyl groups is 1. The number of aliphatic hydroxyl groups excluding tert-OH is 1. The van der Waals surface area contributed by atoms with E-state index in [1.807, 2.05) is 36.4 Å². The molecule has 0 saturated carbocycles. The number of benzene rings is 3. The zero-order valence-electron chi connectivity index (χ0n) is 12.8. The van der Waals surface area contributed by atoms with Gasteiger partial charge in [0.1, 0.15) is 10.6 Å². The van der Waals surface area contributed by atoms with E-state index in [4.69, 9.17) is 0 Å². The monoisotopic (exact) mass is 343 g/mol. The van der Waals surface area contributed by atoms with Gasteiger partial charge in [-0.1, -0.05) is 54.6 Å². The Kier molecular flexibility index (Phi) is 4.53. The molecular weight excluding hydrogens is 326 g/mol. The highest BCUT2D eigenvalue weighted by Crippen LogP contribution is 2.25. The quantitative estimate of drug-likeness (QED) is 0.664. The average molecular weight is 343 g/mol. The van der Waals surface area contributed by atoms with E-state index in [1.54, 1.807) is 12.1 Å². The van der Waals surface area contributed by atoms with Crippen LogP contribution in [-0.4, -0.2) is 25.2 Å². The number of para-hydroxylation sites is 1. The predicted octanol–water partition coefficient (Wildman–Crippen LogP) is 2.56. The summed E-state index contributed by atoms with van der Waals surface area (Å²) in [6.45, 7) is -0.190. The van der Waals surface area contributed by atoms with Crippen LogP contribution in [0.2, 0.25) is 0 Å². The van der Waals surface area contributed by atoms with Crippen molar-refractivity contribution in [3.8, 4) is 5.75 Å². The molecule has 0 radical (unpaired) electrons. The molecule has 0 amide bonds. The summed E-state index contributed by atoms with van der Waals surface area (Å²) in [5.74, 6) is -0.329. The van der Waals surface area contributed by atoms with E-state index in [0.29, 0.717) is 5.56 Å². The molecule has 1 atom stereocenters. The smallest absolute Gasteiger partial charge is 0.244 e. The summed E-state index contributed by atoms with van der Waals surface area (Å²) < 4.78 is 26.9. The predicted molar refractivity (Wildman–Crippen MR) is 92.2 cm³/mol. The van der Waals surface area contributed by atoms with E-state index in [0.717, 1.165) is 10.8 Å². The number of sulfonamides is 1. The second kappa shape index (κ2) is 6.60. The van der Waals surface area contributed by atoms with Gasteiger partial charge in [-0.25, -0.2) is 13.1 Å². The van der Waals surface area contributed by atoms with Crippen molar-refractivity contribution in [1.29, 1.82) is 0 Å². The number of nitrogens with one attached hydrogen (secondary N) is 1. The minimum absolute atomic E-state index is 0.190. The van der Waals surface area contributed by atoms with Crippen LogP contribution in [0.15, 0.2) is 71.6 Å². The summed E-state index contributed by atoms with van der Waals surface area (Å²) in [5, 5.41) is 21.9. The van der Waals surface area contributed by atoms with Gasteiger partial charge in [0.25, 0.3) is 0 Å². The fourth-order valence-electron chi connectivity index (χ4n) is 2.60. The Bertz CT molecular complexity index is 964. The molecule has 6 heteroatoms. The summed E-state index contributed by atoms with van der Waals surface area (Å²) in [6.07, 6.45) is -1.00. The first-order valence-electron chi connectivity index (χ1n) is 7.42. The first-order valence-corrected chi connectivity index (χ1v) is 8.91. The van der Waals surface area contributed by atoms with Crippen LogP contribution in [0, 0.1) is 0 Å². The Morgan fingerprint density at radius 1 is 0.917 bits per heavy atom. The topological polar surface area (TPSA) is 86.6 Å². The van der Waals surface area contributed by atoms with E-state index < -0.39 is 16.1 Å². The van der Waals surface area contributed by atoms with Gasteiger partial charge in [0.2, 0.25) is 10.0 Å². The molecule has 0 saturated heterocycles. The average Bonchev–Trinajstić information content (AvgIpc) is 2.59. The molecule has 0 heterocycles. The Balaban J connectivity index is 1.83. The van der Waals surface area contributed by atoms with E-state index >= 15 is 0 Å². The number of hydrogen-bond donors (Lipinski definition) is 3. The largest absolute Gasteiger partial charge is 0.507 e. The molecular formula is C18H17NO4S. The van der Waals surface area contributed by atoms with Crippen LogP contribution < -0.4 is 4.72 Å². The van der Waals surface area contributed by atoms with E-state index in [1.165, 1.54) is 18.2 Å². The van der Waals surface area contributed by atoms with Gasteiger partial charge >= 0.3 is 0 Å². The molecule has 0 spiro atoms. The van der Waals surface area contributed by atoms with E-state index in [2.05, 4.69) is 4.72 Å². The minimum atomic E-state index is -3.91. The minimum Gasteiger partial charge on any atom is -0.507 e. The lowest BCUT2D eigenvalue weighted by molar-refractivity contribution is 0.183. The normalized spacial score (nSPS) is 13.0. The maximum atomic E-state index is 12.3. The lowest BCUT2D eigenvalue weighted by Crippen LogP contribution is -2.28. The van der Waals surface area contributed by atoms with Crippen LogP contribution in [0.25, 0.3) is 10.8 Å². The molecule has 24 heavy (non-hydrogen) atoms. The second-order valence-corrected chi connectivity index (χ2v) is 7.14. The molecule has 0 fully saturated rings. The number of fused-ring (bicyclic) bond motifs is 1. The Labute approximate surface area is 140 Å². The fraction of sp³-hybridized carbons (Fsp3) is 0.111. The van der Waals surface area contributed by atoms with E-state index in [-0.39, 0.29) is 17.2 Å². The summed E-state index contributed by atoms with van der Waals surface area (Å²) in [6, 6.07) is 18.8. The molecule has 3 aromatic rings. The maximum absolute atomic E-state index is 12.3. The number of aromatic hydroxyl groups is 1. The third-order valence-electron chi connectivity index (χ3n) is 3.80. The molecule has 3 aromatic carbocycles. The van der Waals surface area contributed by atoms with Gasteiger partial charge < -0.3 is 10.2 Å². The van der Waals surface area contributed by atoms with Crippen molar-refractivity contribution in [2.75, 3.05) is 6.54 Å². The maximum Gasteiger partial charge on any atom is 0.244 e. The van der Waals surface area contributed by atoms with Gasteiger partial charge in [-0.15, -0.1) is 0 Å². The standard InChI is InChI=1S/C18H17NO4S/c20-16-10-3-4-11-18(16)24(22,23)19-12-17(21)15-9-5-7-13-6-1-2-8-14(13)15/h1-11,17,19-21H,12H2. The van der Waals surface area contributed by atoms with Crippen LogP contribution in [0.1, 0.15) is 11.7 Å². The Morgan fingerprint density at radius 3 is 2.38 bits per heavy atom. The highest BCUT2D eigenvalue weighted by atomic mass is 32.2. The molecule has 124 valence electrons. The van der Waals surface area contributed by atoms with Crippen molar-refractivity contribution in [2.45, 2.75) is 11.0 Å². The molecule has 0 aliphatic rings. The SMILES string of the molecule is O=S(=O)(NCC(O)c1cccc2ccccc12)c1ccccc1O. The van der Waals surface area contributed by atoms with Crippen LogP contribution in [0.4, 0.5) is 0 Å². The van der Waals surface area contributed by atoms with Crippen LogP contribution in [-0.2, 0) is 10.0 Å². The molecule has 0 aliphatic carbocycles. The van der Waals surface area contributed by atoms with Crippen LogP contribution in [0.5, 0.6) is 5.75 Å². The van der Waals surface area contributed by atoms with Crippen molar-refractivity contribution in [2.24, 2.45) is 0 Å².